The number of anilines is 1. The van der Waals surface area contributed by atoms with Crippen molar-refractivity contribution in [3.63, 3.8) is 0 Å². The van der Waals surface area contributed by atoms with Gasteiger partial charge in [0.2, 0.25) is 15.9 Å². The molecule has 0 bridgehead atoms. The molecule has 0 aromatic heterocycles. The van der Waals surface area contributed by atoms with Crippen LogP contribution in [-0.4, -0.2) is 33.2 Å². The van der Waals surface area contributed by atoms with Crippen molar-refractivity contribution in [2.24, 2.45) is 0 Å². The van der Waals surface area contributed by atoms with Gasteiger partial charge in [-0.1, -0.05) is 34.9 Å². The number of amides is 1. The Morgan fingerprint density at radius 3 is 2.58 bits per heavy atom. The molecule has 1 aromatic rings. The summed E-state index contributed by atoms with van der Waals surface area (Å²) in [6.45, 7) is 2.05. The minimum absolute atomic E-state index is 0.231. The van der Waals surface area contributed by atoms with Crippen LogP contribution < -0.4 is 9.62 Å². The van der Waals surface area contributed by atoms with Gasteiger partial charge >= 0.3 is 0 Å². The van der Waals surface area contributed by atoms with Crippen LogP contribution in [0.3, 0.4) is 0 Å². The monoisotopic (exact) mass is 418 g/mol. The number of carbonyl (C=O) groups is 1. The first-order valence-corrected chi connectivity index (χ1v) is 11.2. The molecule has 1 aromatic carbocycles. The molecule has 0 spiro atoms. The number of rotatable bonds is 7. The molecule has 0 aliphatic heterocycles. The van der Waals surface area contributed by atoms with Crippen molar-refractivity contribution in [2.75, 3.05) is 17.1 Å². The zero-order valence-electron chi connectivity index (χ0n) is 15.0. The van der Waals surface area contributed by atoms with E-state index in [0.717, 1.165) is 29.8 Å². The summed E-state index contributed by atoms with van der Waals surface area (Å²) in [4.78, 5) is 12.5. The van der Waals surface area contributed by atoms with Gasteiger partial charge in [0, 0.05) is 6.54 Å². The van der Waals surface area contributed by atoms with Crippen LogP contribution in [0.4, 0.5) is 5.69 Å². The van der Waals surface area contributed by atoms with Crippen LogP contribution >= 0.6 is 23.2 Å². The summed E-state index contributed by atoms with van der Waals surface area (Å²) in [7, 11) is -3.68. The van der Waals surface area contributed by atoms with E-state index >= 15 is 0 Å². The molecule has 1 aliphatic carbocycles. The Balaban J connectivity index is 2.08. The average molecular weight is 419 g/mol. The van der Waals surface area contributed by atoms with E-state index in [2.05, 4.69) is 11.4 Å². The number of nitrogens with zero attached hydrogens (tertiary/aromatic N) is 1. The highest BCUT2D eigenvalue weighted by atomic mass is 35.5. The second kappa shape index (κ2) is 9.11. The Bertz CT molecular complexity index is 794. The summed E-state index contributed by atoms with van der Waals surface area (Å²) in [5, 5.41) is 3.39. The van der Waals surface area contributed by atoms with Gasteiger partial charge in [0.05, 0.1) is 22.0 Å². The van der Waals surface area contributed by atoms with Crippen LogP contribution in [0, 0.1) is 0 Å². The lowest BCUT2D eigenvalue weighted by atomic mass is 9.97. The van der Waals surface area contributed by atoms with Crippen LogP contribution in [-0.2, 0) is 14.8 Å². The normalized spacial score (nSPS) is 15.9. The highest BCUT2D eigenvalue weighted by Crippen LogP contribution is 2.29. The Morgan fingerprint density at radius 1 is 1.27 bits per heavy atom. The number of hydrogen-bond donors (Lipinski definition) is 1. The highest BCUT2D eigenvalue weighted by molar-refractivity contribution is 7.92. The van der Waals surface area contributed by atoms with Gasteiger partial charge in [0.1, 0.15) is 6.04 Å². The van der Waals surface area contributed by atoms with Crippen LogP contribution in [0.15, 0.2) is 29.8 Å². The van der Waals surface area contributed by atoms with Crippen molar-refractivity contribution < 1.29 is 13.2 Å². The predicted octanol–water partition coefficient (Wildman–Crippen LogP) is 4.15. The van der Waals surface area contributed by atoms with E-state index < -0.39 is 16.1 Å². The molecule has 0 unspecified atom stereocenters. The molecule has 8 heteroatoms. The Morgan fingerprint density at radius 2 is 2.00 bits per heavy atom. The molecule has 144 valence electrons. The summed E-state index contributed by atoms with van der Waals surface area (Å²) >= 11 is 11.9. The SMILES string of the molecule is C[C@@H](C(=O)NCCC1=CCCCC1)N(c1ccc(Cl)c(Cl)c1)S(C)(=O)=O. The summed E-state index contributed by atoms with van der Waals surface area (Å²) in [6.07, 6.45) is 8.67. The van der Waals surface area contributed by atoms with Gasteiger partial charge < -0.3 is 5.32 Å². The van der Waals surface area contributed by atoms with E-state index in [1.807, 2.05) is 0 Å². The number of allylic oxidation sites excluding steroid dienone is 1. The molecule has 1 amide bonds. The second-order valence-corrected chi connectivity index (χ2v) is 9.16. The summed E-state index contributed by atoms with van der Waals surface area (Å²) < 4.78 is 25.6. The van der Waals surface area contributed by atoms with Crippen molar-refractivity contribution in [3.05, 3.63) is 39.9 Å². The largest absolute Gasteiger partial charge is 0.354 e. The van der Waals surface area contributed by atoms with Gasteiger partial charge in [-0.25, -0.2) is 8.42 Å². The topological polar surface area (TPSA) is 66.5 Å². The zero-order chi connectivity index (χ0) is 19.3. The fraction of sp³-hybridized carbons (Fsp3) is 0.500. The van der Waals surface area contributed by atoms with Crippen molar-refractivity contribution in [1.29, 1.82) is 0 Å². The first-order chi connectivity index (χ1) is 12.2. The molecule has 26 heavy (non-hydrogen) atoms. The molecule has 5 nitrogen and oxygen atoms in total. The lowest BCUT2D eigenvalue weighted by Gasteiger charge is -2.28. The Labute approximate surface area is 165 Å². The fourth-order valence-electron chi connectivity index (χ4n) is 3.06. The molecular formula is C18H24Cl2N2O3S. The van der Waals surface area contributed by atoms with Gasteiger partial charge in [-0.05, 0) is 57.2 Å². The van der Waals surface area contributed by atoms with Gasteiger partial charge in [-0.3, -0.25) is 9.10 Å². The van der Waals surface area contributed by atoms with E-state index in [0.29, 0.717) is 17.3 Å². The van der Waals surface area contributed by atoms with E-state index in [-0.39, 0.29) is 10.9 Å². The van der Waals surface area contributed by atoms with E-state index in [1.165, 1.54) is 36.6 Å². The number of benzene rings is 1. The minimum atomic E-state index is -3.68. The van der Waals surface area contributed by atoms with Gasteiger partial charge in [-0.2, -0.15) is 0 Å². The molecule has 0 radical (unpaired) electrons. The highest BCUT2D eigenvalue weighted by Gasteiger charge is 2.29. The maximum atomic E-state index is 12.5. The fourth-order valence-corrected chi connectivity index (χ4v) is 4.52. The predicted molar refractivity (Wildman–Crippen MR) is 107 cm³/mol. The number of nitrogens with one attached hydrogen (secondary N) is 1. The molecule has 1 N–H and O–H groups in total. The van der Waals surface area contributed by atoms with Gasteiger partial charge in [0.25, 0.3) is 0 Å². The molecule has 2 rings (SSSR count). The third kappa shape index (κ3) is 5.63. The number of hydrogen-bond acceptors (Lipinski definition) is 3. The summed E-state index contributed by atoms with van der Waals surface area (Å²) in [5.41, 5.74) is 1.66. The van der Waals surface area contributed by atoms with E-state index in [1.54, 1.807) is 6.92 Å². The summed E-state index contributed by atoms with van der Waals surface area (Å²) in [6, 6.07) is 3.59. The van der Waals surface area contributed by atoms with Crippen LogP contribution in [0.1, 0.15) is 39.0 Å². The quantitative estimate of drug-likeness (QED) is 0.675. The average Bonchev–Trinajstić information content (AvgIpc) is 2.58. The molecule has 0 saturated carbocycles. The molecular weight excluding hydrogens is 395 g/mol. The van der Waals surface area contributed by atoms with Crippen molar-refractivity contribution >= 4 is 44.8 Å². The lowest BCUT2D eigenvalue weighted by molar-refractivity contribution is -0.121. The van der Waals surface area contributed by atoms with Crippen LogP contribution in [0.5, 0.6) is 0 Å². The van der Waals surface area contributed by atoms with Crippen molar-refractivity contribution in [1.82, 2.24) is 5.32 Å². The van der Waals surface area contributed by atoms with Crippen LogP contribution in [0.2, 0.25) is 10.0 Å². The molecule has 0 heterocycles. The maximum absolute atomic E-state index is 12.5. The number of halogens is 2. The molecule has 1 atom stereocenters. The third-order valence-corrected chi connectivity index (χ3v) is 6.36. The number of sulfonamides is 1. The summed E-state index contributed by atoms with van der Waals surface area (Å²) in [5.74, 6) is -0.349. The Kier molecular flexibility index (Phi) is 7.38. The Hall–Kier alpha value is -1.24. The van der Waals surface area contributed by atoms with Crippen molar-refractivity contribution in [2.45, 2.75) is 45.1 Å². The van der Waals surface area contributed by atoms with E-state index in [4.69, 9.17) is 23.2 Å². The van der Waals surface area contributed by atoms with Crippen LogP contribution in [0.25, 0.3) is 0 Å². The second-order valence-electron chi connectivity index (χ2n) is 6.48. The minimum Gasteiger partial charge on any atom is -0.354 e. The molecule has 1 aliphatic rings. The number of carbonyl (C=O) groups excluding carboxylic acids is 1. The first-order valence-electron chi connectivity index (χ1n) is 8.60. The standard InChI is InChI=1S/C18H24Cl2N2O3S/c1-13(18(23)21-11-10-14-6-4-3-5-7-14)22(26(2,24)25)15-8-9-16(19)17(20)12-15/h6,8-9,12-13H,3-5,7,10-11H2,1-2H3,(H,21,23)/t13-/m0/s1. The zero-order valence-corrected chi connectivity index (χ0v) is 17.3. The maximum Gasteiger partial charge on any atom is 0.243 e. The molecule has 0 saturated heterocycles. The van der Waals surface area contributed by atoms with E-state index in [9.17, 15) is 13.2 Å². The molecule has 0 fully saturated rings. The lowest BCUT2D eigenvalue weighted by Crippen LogP contribution is -2.48. The smallest absolute Gasteiger partial charge is 0.243 e. The first kappa shape index (κ1) is 21.1. The van der Waals surface area contributed by atoms with Crippen molar-refractivity contribution in [3.8, 4) is 0 Å². The van der Waals surface area contributed by atoms with Gasteiger partial charge in [0.15, 0.2) is 0 Å². The third-order valence-electron chi connectivity index (χ3n) is 4.38. The van der Waals surface area contributed by atoms with Gasteiger partial charge in [-0.15, -0.1) is 0 Å².